The van der Waals surface area contributed by atoms with Gasteiger partial charge in [0.2, 0.25) is 11.8 Å². The molecule has 0 radical (unpaired) electrons. The Balaban J connectivity index is 1.91. The predicted molar refractivity (Wildman–Crippen MR) is 89.5 cm³/mol. The third-order valence-corrected chi connectivity index (χ3v) is 6.05. The number of nitrogens with zero attached hydrogens (tertiary/aromatic N) is 1. The van der Waals surface area contributed by atoms with Gasteiger partial charge in [0.05, 0.1) is 34.0 Å². The van der Waals surface area contributed by atoms with Crippen LogP contribution in [0.4, 0.5) is 5.69 Å². The molecule has 0 unspecified atom stereocenters. The van der Waals surface area contributed by atoms with Crippen molar-refractivity contribution in [1.82, 2.24) is 4.90 Å². The topological polar surface area (TPSA) is 83.6 Å². The molecule has 6 nitrogen and oxygen atoms in total. The summed E-state index contributed by atoms with van der Waals surface area (Å²) in [6, 6.07) is 4.66. The minimum absolute atomic E-state index is 0.0206. The summed E-state index contributed by atoms with van der Waals surface area (Å²) < 4.78 is 22.8. The minimum atomic E-state index is -3.14. The first kappa shape index (κ1) is 18.0. The van der Waals surface area contributed by atoms with Crippen molar-refractivity contribution in [2.75, 3.05) is 30.4 Å². The van der Waals surface area contributed by atoms with Crippen molar-refractivity contribution >= 4 is 50.5 Å². The average Bonchev–Trinajstić information content (AvgIpc) is 2.82. The Labute approximate surface area is 144 Å². The third kappa shape index (κ3) is 4.83. The predicted octanol–water partition coefficient (Wildman–Crippen LogP) is 1.82. The Morgan fingerprint density at radius 2 is 2.00 bits per heavy atom. The fourth-order valence-electron chi connectivity index (χ4n) is 2.37. The van der Waals surface area contributed by atoms with Gasteiger partial charge in [0, 0.05) is 12.7 Å². The monoisotopic (exact) mass is 378 g/mol. The van der Waals surface area contributed by atoms with Crippen LogP contribution in [0.15, 0.2) is 18.2 Å². The van der Waals surface area contributed by atoms with Gasteiger partial charge in [-0.1, -0.05) is 23.2 Å². The maximum Gasteiger partial charge on any atom is 0.243 e. The summed E-state index contributed by atoms with van der Waals surface area (Å²) in [6.07, 6.45) is 0.305. The van der Waals surface area contributed by atoms with E-state index in [9.17, 15) is 18.0 Å². The molecule has 0 bridgehead atoms. The molecule has 0 spiro atoms. The smallest absolute Gasteiger partial charge is 0.243 e. The van der Waals surface area contributed by atoms with Crippen LogP contribution in [-0.4, -0.2) is 50.2 Å². The summed E-state index contributed by atoms with van der Waals surface area (Å²) in [5.74, 6) is -1.43. The summed E-state index contributed by atoms with van der Waals surface area (Å²) in [7, 11) is -1.66. The number of nitrogens with one attached hydrogen (secondary N) is 1. The van der Waals surface area contributed by atoms with Crippen molar-refractivity contribution in [2.45, 2.75) is 6.42 Å². The van der Waals surface area contributed by atoms with E-state index < -0.39 is 21.7 Å². The second kappa shape index (κ2) is 7.07. The minimum Gasteiger partial charge on any atom is -0.336 e. The molecule has 1 aliphatic rings. The number of anilines is 1. The van der Waals surface area contributed by atoms with Crippen molar-refractivity contribution < 1.29 is 18.0 Å². The maximum absolute atomic E-state index is 12.2. The highest BCUT2D eigenvalue weighted by atomic mass is 35.5. The van der Waals surface area contributed by atoms with E-state index in [2.05, 4.69) is 5.32 Å². The number of likely N-dealkylation sites (N-methyl/N-ethyl adjacent to an activating group) is 1. The molecule has 0 saturated carbocycles. The van der Waals surface area contributed by atoms with Gasteiger partial charge in [0.15, 0.2) is 9.84 Å². The van der Waals surface area contributed by atoms with Crippen LogP contribution >= 0.6 is 23.2 Å². The number of hydrogen-bond donors (Lipinski definition) is 1. The van der Waals surface area contributed by atoms with Crippen LogP contribution in [0, 0.1) is 5.92 Å². The average molecular weight is 379 g/mol. The zero-order chi connectivity index (χ0) is 17.2. The zero-order valence-electron chi connectivity index (χ0n) is 12.4. The molecule has 1 aliphatic heterocycles. The lowest BCUT2D eigenvalue weighted by Crippen LogP contribution is -2.39. The number of sulfone groups is 1. The number of halogens is 2. The molecule has 1 aromatic rings. The molecule has 1 N–H and O–H groups in total. The van der Waals surface area contributed by atoms with Crippen LogP contribution in [0.5, 0.6) is 0 Å². The number of carbonyl (C=O) groups is 2. The highest BCUT2D eigenvalue weighted by Gasteiger charge is 2.34. The quantitative estimate of drug-likeness (QED) is 0.865. The number of benzene rings is 1. The van der Waals surface area contributed by atoms with Gasteiger partial charge in [-0.15, -0.1) is 0 Å². The largest absolute Gasteiger partial charge is 0.336 e. The summed E-state index contributed by atoms with van der Waals surface area (Å²) in [5, 5.41) is 3.29. The van der Waals surface area contributed by atoms with E-state index in [0.717, 1.165) is 0 Å². The molecule has 1 fully saturated rings. The molecule has 1 saturated heterocycles. The Bertz CT molecular complexity index is 736. The highest BCUT2D eigenvalue weighted by Crippen LogP contribution is 2.25. The first-order valence-corrected chi connectivity index (χ1v) is 9.46. The molecular weight excluding hydrogens is 363 g/mol. The van der Waals surface area contributed by atoms with Crippen molar-refractivity contribution in [3.05, 3.63) is 28.2 Å². The molecule has 23 heavy (non-hydrogen) atoms. The van der Waals surface area contributed by atoms with Crippen LogP contribution in [0.3, 0.4) is 0 Å². The fourth-order valence-corrected chi connectivity index (χ4v) is 4.40. The van der Waals surface area contributed by atoms with Crippen molar-refractivity contribution in [2.24, 2.45) is 5.92 Å². The first-order valence-electron chi connectivity index (χ1n) is 6.88. The summed E-state index contributed by atoms with van der Waals surface area (Å²) >= 11 is 11.7. The zero-order valence-corrected chi connectivity index (χ0v) is 14.7. The van der Waals surface area contributed by atoms with Gasteiger partial charge in [-0.25, -0.2) is 8.42 Å². The normalized spacial score (nSPS) is 19.3. The molecule has 126 valence electrons. The van der Waals surface area contributed by atoms with Crippen molar-refractivity contribution in [3.8, 4) is 0 Å². The van der Waals surface area contributed by atoms with E-state index in [1.54, 1.807) is 12.1 Å². The van der Waals surface area contributed by atoms with Crippen LogP contribution < -0.4 is 5.32 Å². The van der Waals surface area contributed by atoms with Crippen LogP contribution in [0.2, 0.25) is 10.0 Å². The van der Waals surface area contributed by atoms with E-state index in [1.807, 2.05) is 0 Å². The molecule has 1 atom stereocenters. The van der Waals surface area contributed by atoms with Gasteiger partial charge >= 0.3 is 0 Å². The molecular formula is C14H16Cl2N2O4S. The fraction of sp³-hybridized carbons (Fsp3) is 0.429. The number of carbonyl (C=O) groups excluding carboxylic acids is 2. The van der Waals surface area contributed by atoms with Gasteiger partial charge in [-0.05, 0) is 24.6 Å². The van der Waals surface area contributed by atoms with E-state index in [-0.39, 0.29) is 24.0 Å². The third-order valence-electron chi connectivity index (χ3n) is 3.54. The standard InChI is InChI=1S/C14H16Cl2N2O4S/c1-18(14(20)9-4-5-23(21,22)8-9)7-13(19)17-10-2-3-11(15)12(16)6-10/h2-3,6,9H,4-5,7-8H2,1H3,(H,17,19)/t9-/m1/s1. The Morgan fingerprint density at radius 3 is 2.57 bits per heavy atom. The first-order chi connectivity index (χ1) is 10.7. The van der Waals surface area contributed by atoms with E-state index >= 15 is 0 Å². The van der Waals surface area contributed by atoms with Crippen LogP contribution in [0.25, 0.3) is 0 Å². The molecule has 2 rings (SSSR count). The van der Waals surface area contributed by atoms with Gasteiger partial charge in [-0.2, -0.15) is 0 Å². The summed E-state index contributed by atoms with van der Waals surface area (Å²) in [4.78, 5) is 25.4. The molecule has 0 aromatic heterocycles. The molecule has 0 aliphatic carbocycles. The van der Waals surface area contributed by atoms with Gasteiger partial charge in [-0.3, -0.25) is 9.59 Å². The molecule has 1 heterocycles. The Morgan fingerprint density at radius 1 is 1.30 bits per heavy atom. The van der Waals surface area contributed by atoms with Crippen LogP contribution in [0.1, 0.15) is 6.42 Å². The molecule has 1 aromatic carbocycles. The summed E-state index contributed by atoms with van der Waals surface area (Å²) in [6.45, 7) is -0.171. The van der Waals surface area contributed by atoms with Gasteiger partial charge in [0.25, 0.3) is 0 Å². The second-order valence-electron chi connectivity index (χ2n) is 5.47. The number of amides is 2. The second-order valence-corrected chi connectivity index (χ2v) is 8.51. The van der Waals surface area contributed by atoms with E-state index in [4.69, 9.17) is 23.2 Å². The Hall–Kier alpha value is -1.31. The lowest BCUT2D eigenvalue weighted by molar-refractivity contribution is -0.136. The lowest BCUT2D eigenvalue weighted by Gasteiger charge is -2.20. The van der Waals surface area contributed by atoms with E-state index in [0.29, 0.717) is 22.2 Å². The SMILES string of the molecule is CN(CC(=O)Nc1ccc(Cl)c(Cl)c1)C(=O)[C@@H]1CCS(=O)(=O)C1. The number of hydrogen-bond acceptors (Lipinski definition) is 4. The summed E-state index contributed by atoms with van der Waals surface area (Å²) in [5.41, 5.74) is 0.466. The van der Waals surface area contributed by atoms with Gasteiger partial charge < -0.3 is 10.2 Å². The van der Waals surface area contributed by atoms with Crippen molar-refractivity contribution in [3.63, 3.8) is 0 Å². The Kier molecular flexibility index (Phi) is 5.54. The van der Waals surface area contributed by atoms with Crippen LogP contribution in [-0.2, 0) is 19.4 Å². The lowest BCUT2D eigenvalue weighted by atomic mass is 10.1. The van der Waals surface area contributed by atoms with E-state index in [1.165, 1.54) is 18.0 Å². The maximum atomic E-state index is 12.2. The molecule has 2 amide bonds. The molecule has 9 heteroatoms. The van der Waals surface area contributed by atoms with Crippen molar-refractivity contribution in [1.29, 1.82) is 0 Å². The number of rotatable bonds is 4. The van der Waals surface area contributed by atoms with Gasteiger partial charge in [0.1, 0.15) is 0 Å². The highest BCUT2D eigenvalue weighted by molar-refractivity contribution is 7.91.